The summed E-state index contributed by atoms with van der Waals surface area (Å²) in [6, 6.07) is 3.97. The van der Waals surface area contributed by atoms with Crippen molar-refractivity contribution in [2.24, 2.45) is 0 Å². The van der Waals surface area contributed by atoms with E-state index in [-0.39, 0.29) is 5.91 Å². The van der Waals surface area contributed by atoms with Crippen LogP contribution in [0.1, 0.15) is 55.0 Å². The molecular formula is C18H23N5OS. The molecule has 4 rings (SSSR count). The second kappa shape index (κ2) is 7.47. The fourth-order valence-corrected chi connectivity index (χ4v) is 4.33. The van der Waals surface area contributed by atoms with Gasteiger partial charge < -0.3 is 10.2 Å². The second-order valence-corrected chi connectivity index (χ2v) is 7.88. The molecule has 0 atom stereocenters. The Morgan fingerprint density at radius 1 is 1.16 bits per heavy atom. The average molecular weight is 357 g/mol. The summed E-state index contributed by atoms with van der Waals surface area (Å²) in [5.41, 5.74) is 0.916. The van der Waals surface area contributed by atoms with Gasteiger partial charge in [-0.2, -0.15) is 0 Å². The lowest BCUT2D eigenvalue weighted by atomic mass is 9.90. The molecule has 0 unspecified atom stereocenters. The van der Waals surface area contributed by atoms with E-state index in [2.05, 4.69) is 25.4 Å². The summed E-state index contributed by atoms with van der Waals surface area (Å²) in [4.78, 5) is 18.9. The number of anilines is 2. The van der Waals surface area contributed by atoms with E-state index in [1.807, 2.05) is 12.1 Å². The summed E-state index contributed by atoms with van der Waals surface area (Å²) in [6.07, 6.45) is 9.58. The van der Waals surface area contributed by atoms with Gasteiger partial charge in [0.15, 0.2) is 0 Å². The highest BCUT2D eigenvalue weighted by molar-refractivity contribution is 7.15. The van der Waals surface area contributed by atoms with E-state index in [0.717, 1.165) is 29.5 Å². The van der Waals surface area contributed by atoms with Crippen molar-refractivity contribution in [2.75, 3.05) is 23.3 Å². The quantitative estimate of drug-likeness (QED) is 0.888. The van der Waals surface area contributed by atoms with E-state index in [0.29, 0.717) is 17.5 Å². The Labute approximate surface area is 151 Å². The molecular weight excluding hydrogens is 334 g/mol. The van der Waals surface area contributed by atoms with Gasteiger partial charge in [0.05, 0.1) is 6.42 Å². The first-order valence-corrected chi connectivity index (χ1v) is 9.93. The molecule has 7 heteroatoms. The van der Waals surface area contributed by atoms with Gasteiger partial charge in [-0.3, -0.25) is 4.79 Å². The Hall–Kier alpha value is -2.02. The van der Waals surface area contributed by atoms with Gasteiger partial charge in [0.25, 0.3) is 0 Å². The molecule has 1 aliphatic carbocycles. The van der Waals surface area contributed by atoms with Crippen molar-refractivity contribution >= 4 is 28.2 Å². The zero-order valence-electron chi connectivity index (χ0n) is 14.3. The Morgan fingerprint density at radius 2 is 2.00 bits per heavy atom. The number of nitrogens with one attached hydrogen (secondary N) is 1. The van der Waals surface area contributed by atoms with E-state index in [4.69, 9.17) is 0 Å². The zero-order chi connectivity index (χ0) is 17.1. The van der Waals surface area contributed by atoms with Gasteiger partial charge in [-0.25, -0.2) is 4.98 Å². The molecule has 1 amide bonds. The van der Waals surface area contributed by atoms with Crippen molar-refractivity contribution in [1.29, 1.82) is 0 Å². The highest BCUT2D eigenvalue weighted by atomic mass is 32.1. The van der Waals surface area contributed by atoms with Crippen molar-refractivity contribution in [3.8, 4) is 0 Å². The third-order valence-electron chi connectivity index (χ3n) is 5.00. The standard InChI is InChI=1S/C18H23N5OS/c24-16(11-13-7-8-15(19-12-13)23-9-4-10-23)20-18-22-21-17(25-18)14-5-2-1-3-6-14/h7-8,12,14H,1-6,9-11H2,(H,20,22,24). The van der Waals surface area contributed by atoms with Gasteiger partial charge in [-0.1, -0.05) is 36.7 Å². The number of nitrogens with zero attached hydrogens (tertiary/aromatic N) is 4. The van der Waals surface area contributed by atoms with Gasteiger partial charge in [0.1, 0.15) is 10.8 Å². The maximum Gasteiger partial charge on any atom is 0.230 e. The van der Waals surface area contributed by atoms with Crippen molar-refractivity contribution in [1.82, 2.24) is 15.2 Å². The molecule has 2 aromatic rings. The highest BCUT2D eigenvalue weighted by Crippen LogP contribution is 2.35. The molecule has 0 bridgehead atoms. The molecule has 2 aliphatic rings. The number of rotatable bonds is 5. The Bertz CT molecular complexity index is 719. The van der Waals surface area contributed by atoms with E-state index >= 15 is 0 Å². The van der Waals surface area contributed by atoms with Gasteiger partial charge >= 0.3 is 0 Å². The van der Waals surface area contributed by atoms with Gasteiger partial charge in [-0.05, 0) is 30.9 Å². The maximum absolute atomic E-state index is 12.2. The molecule has 6 nitrogen and oxygen atoms in total. The lowest BCUT2D eigenvalue weighted by Crippen LogP contribution is -2.37. The number of aromatic nitrogens is 3. The molecule has 1 saturated carbocycles. The van der Waals surface area contributed by atoms with Crippen LogP contribution in [0.15, 0.2) is 18.3 Å². The van der Waals surface area contributed by atoms with E-state index < -0.39 is 0 Å². The van der Waals surface area contributed by atoms with Crippen LogP contribution in [0, 0.1) is 0 Å². The van der Waals surface area contributed by atoms with Crippen LogP contribution in [0.3, 0.4) is 0 Å². The molecule has 2 fully saturated rings. The van der Waals surface area contributed by atoms with Crippen molar-refractivity contribution < 1.29 is 4.79 Å². The van der Waals surface area contributed by atoms with E-state index in [1.54, 1.807) is 6.20 Å². The monoisotopic (exact) mass is 357 g/mol. The minimum Gasteiger partial charge on any atom is -0.356 e. The Balaban J connectivity index is 1.31. The van der Waals surface area contributed by atoms with Crippen LogP contribution < -0.4 is 10.2 Å². The molecule has 2 aromatic heterocycles. The smallest absolute Gasteiger partial charge is 0.230 e. The van der Waals surface area contributed by atoms with Crippen molar-refractivity contribution in [3.05, 3.63) is 28.9 Å². The van der Waals surface area contributed by atoms with E-state index in [1.165, 1.54) is 49.9 Å². The minimum atomic E-state index is -0.0650. The fourth-order valence-electron chi connectivity index (χ4n) is 3.40. The Morgan fingerprint density at radius 3 is 2.68 bits per heavy atom. The predicted octanol–water partition coefficient (Wildman–Crippen LogP) is 3.37. The molecule has 0 spiro atoms. The van der Waals surface area contributed by atoms with Crippen LogP contribution in [0.4, 0.5) is 10.9 Å². The van der Waals surface area contributed by atoms with Crippen LogP contribution in [0.5, 0.6) is 0 Å². The molecule has 1 aliphatic heterocycles. The average Bonchev–Trinajstić information content (AvgIpc) is 3.04. The molecule has 1 saturated heterocycles. The van der Waals surface area contributed by atoms with Gasteiger partial charge in [0.2, 0.25) is 11.0 Å². The number of pyridine rings is 1. The molecule has 1 N–H and O–H groups in total. The van der Waals surface area contributed by atoms with Crippen LogP contribution in [0.2, 0.25) is 0 Å². The zero-order valence-corrected chi connectivity index (χ0v) is 15.1. The highest BCUT2D eigenvalue weighted by Gasteiger charge is 2.20. The summed E-state index contributed by atoms with van der Waals surface area (Å²) in [5, 5.41) is 13.0. The number of hydrogen-bond acceptors (Lipinski definition) is 6. The van der Waals surface area contributed by atoms with Gasteiger partial charge in [0, 0.05) is 25.2 Å². The number of amides is 1. The summed E-state index contributed by atoms with van der Waals surface area (Å²) in [5.74, 6) is 1.46. The number of carbonyl (C=O) groups excluding carboxylic acids is 1. The summed E-state index contributed by atoms with van der Waals surface area (Å²) in [7, 11) is 0. The SMILES string of the molecule is O=C(Cc1ccc(N2CCC2)nc1)Nc1nnc(C2CCCCC2)s1. The summed E-state index contributed by atoms with van der Waals surface area (Å²) in [6.45, 7) is 2.15. The van der Waals surface area contributed by atoms with Crippen LogP contribution in [-0.2, 0) is 11.2 Å². The Kier molecular flexibility index (Phi) is 4.92. The molecule has 0 aromatic carbocycles. The van der Waals surface area contributed by atoms with Crippen molar-refractivity contribution in [2.45, 2.75) is 50.9 Å². The summed E-state index contributed by atoms with van der Waals surface area (Å²) >= 11 is 1.52. The van der Waals surface area contributed by atoms with Crippen LogP contribution >= 0.6 is 11.3 Å². The molecule has 0 radical (unpaired) electrons. The first kappa shape index (κ1) is 16.4. The number of carbonyl (C=O) groups is 1. The fraction of sp³-hybridized carbons (Fsp3) is 0.556. The van der Waals surface area contributed by atoms with Gasteiger partial charge in [-0.15, -0.1) is 10.2 Å². The third-order valence-corrected chi connectivity index (χ3v) is 6.00. The van der Waals surface area contributed by atoms with Crippen molar-refractivity contribution in [3.63, 3.8) is 0 Å². The first-order chi connectivity index (χ1) is 12.3. The summed E-state index contributed by atoms with van der Waals surface area (Å²) < 4.78 is 0. The molecule has 25 heavy (non-hydrogen) atoms. The minimum absolute atomic E-state index is 0.0650. The third kappa shape index (κ3) is 3.98. The van der Waals surface area contributed by atoms with Crippen LogP contribution in [0.25, 0.3) is 0 Å². The largest absolute Gasteiger partial charge is 0.356 e. The lowest BCUT2D eigenvalue weighted by molar-refractivity contribution is -0.115. The number of hydrogen-bond donors (Lipinski definition) is 1. The van der Waals surface area contributed by atoms with E-state index in [9.17, 15) is 4.79 Å². The predicted molar refractivity (Wildman–Crippen MR) is 99.1 cm³/mol. The lowest BCUT2D eigenvalue weighted by Gasteiger charge is -2.31. The normalized spacial score (nSPS) is 18.0. The second-order valence-electron chi connectivity index (χ2n) is 6.87. The van der Waals surface area contributed by atoms with Crippen LogP contribution in [-0.4, -0.2) is 34.2 Å². The first-order valence-electron chi connectivity index (χ1n) is 9.11. The molecule has 3 heterocycles. The topological polar surface area (TPSA) is 71.0 Å². The molecule has 132 valence electrons. The maximum atomic E-state index is 12.2.